The molecule has 0 rings (SSSR count). The summed E-state index contributed by atoms with van der Waals surface area (Å²) < 4.78 is -0.190. The molecule has 0 aromatic heterocycles. The van der Waals surface area contributed by atoms with Crippen LogP contribution in [0.15, 0.2) is 0 Å². The van der Waals surface area contributed by atoms with E-state index in [2.05, 4.69) is 25.3 Å². The Morgan fingerprint density at radius 2 is 2.14 bits per heavy atom. The molecule has 7 heavy (non-hydrogen) atoms. The number of thiol groups is 2. The van der Waals surface area contributed by atoms with Crippen LogP contribution >= 0.6 is 25.3 Å². The van der Waals surface area contributed by atoms with E-state index in [1.165, 1.54) is 0 Å². The molecule has 0 amide bonds. The van der Waals surface area contributed by atoms with Gasteiger partial charge < -0.3 is 0 Å². The SMILES string of the molecule is C[C](C#N)C(S)S. The monoisotopic (exact) mass is 132 g/mol. The second-order valence-corrected chi connectivity index (χ2v) is 2.61. The van der Waals surface area contributed by atoms with Gasteiger partial charge in [0.25, 0.3) is 0 Å². The summed E-state index contributed by atoms with van der Waals surface area (Å²) in [4.78, 5) is 0. The highest BCUT2D eigenvalue weighted by molar-refractivity contribution is 7.99. The summed E-state index contributed by atoms with van der Waals surface area (Å²) in [5.41, 5.74) is 0. The van der Waals surface area contributed by atoms with Crippen molar-refractivity contribution in [3.8, 4) is 6.07 Å². The van der Waals surface area contributed by atoms with Crippen molar-refractivity contribution in [2.24, 2.45) is 0 Å². The number of rotatable bonds is 1. The summed E-state index contributed by atoms with van der Waals surface area (Å²) in [6, 6.07) is 1.93. The second-order valence-electron chi connectivity index (χ2n) is 1.17. The number of nitriles is 1. The van der Waals surface area contributed by atoms with Crippen LogP contribution in [0.25, 0.3) is 0 Å². The standard InChI is InChI=1S/C4H6NS2/c1-3(2-5)4(6)7/h4,6-7H,1H3. The number of hydrogen-bond acceptors (Lipinski definition) is 3. The van der Waals surface area contributed by atoms with Crippen LogP contribution < -0.4 is 0 Å². The van der Waals surface area contributed by atoms with Gasteiger partial charge in [-0.25, -0.2) is 0 Å². The third-order valence-electron chi connectivity index (χ3n) is 0.564. The van der Waals surface area contributed by atoms with E-state index in [-0.39, 0.29) is 4.58 Å². The Balaban J connectivity index is 3.40. The first-order valence-corrected chi connectivity index (χ1v) is 2.81. The van der Waals surface area contributed by atoms with Crippen molar-refractivity contribution in [2.45, 2.75) is 11.5 Å². The minimum atomic E-state index is -0.190. The van der Waals surface area contributed by atoms with Crippen molar-refractivity contribution in [1.29, 1.82) is 5.26 Å². The van der Waals surface area contributed by atoms with Gasteiger partial charge in [-0.2, -0.15) is 30.5 Å². The molecular weight excluding hydrogens is 126 g/mol. The molecule has 0 saturated heterocycles. The Morgan fingerprint density at radius 3 is 2.14 bits per heavy atom. The van der Waals surface area contributed by atoms with E-state index >= 15 is 0 Å². The zero-order chi connectivity index (χ0) is 5.86. The van der Waals surface area contributed by atoms with Crippen LogP contribution in [0.3, 0.4) is 0 Å². The van der Waals surface area contributed by atoms with Crippen molar-refractivity contribution in [3.63, 3.8) is 0 Å². The van der Waals surface area contributed by atoms with Gasteiger partial charge in [0.15, 0.2) is 0 Å². The minimum Gasteiger partial charge on any atom is -0.198 e. The molecule has 0 saturated carbocycles. The Labute approximate surface area is 54.5 Å². The van der Waals surface area contributed by atoms with Crippen molar-refractivity contribution in [1.82, 2.24) is 0 Å². The molecule has 0 heterocycles. The molecule has 0 bridgehead atoms. The average molecular weight is 132 g/mol. The van der Waals surface area contributed by atoms with Crippen LogP contribution in [0.1, 0.15) is 6.92 Å². The smallest absolute Gasteiger partial charge is 0.0951 e. The van der Waals surface area contributed by atoms with Gasteiger partial charge in [-0.1, -0.05) is 0 Å². The molecule has 0 aliphatic heterocycles. The molecule has 3 heteroatoms. The quantitative estimate of drug-likeness (QED) is 0.407. The van der Waals surface area contributed by atoms with Crippen molar-refractivity contribution in [2.75, 3.05) is 0 Å². The van der Waals surface area contributed by atoms with Gasteiger partial charge >= 0.3 is 0 Å². The largest absolute Gasteiger partial charge is 0.198 e. The van der Waals surface area contributed by atoms with Crippen LogP contribution in [-0.4, -0.2) is 4.58 Å². The Hall–Kier alpha value is 0.190. The molecule has 0 unspecified atom stereocenters. The van der Waals surface area contributed by atoms with Crippen LogP contribution in [0.2, 0.25) is 0 Å². The first-order valence-electron chi connectivity index (χ1n) is 1.78. The highest BCUT2D eigenvalue weighted by Crippen LogP contribution is 2.13. The Kier molecular flexibility index (Phi) is 3.31. The van der Waals surface area contributed by atoms with Crippen LogP contribution in [0.5, 0.6) is 0 Å². The normalized spacial score (nSPS) is 9.71. The van der Waals surface area contributed by atoms with E-state index in [0.717, 1.165) is 0 Å². The summed E-state index contributed by atoms with van der Waals surface area (Å²) in [5, 5.41) is 8.12. The van der Waals surface area contributed by atoms with Crippen LogP contribution in [-0.2, 0) is 0 Å². The van der Waals surface area contributed by atoms with Crippen LogP contribution in [0, 0.1) is 17.2 Å². The maximum atomic E-state index is 8.12. The third-order valence-corrected chi connectivity index (χ3v) is 1.34. The number of hydrogen-bond donors (Lipinski definition) is 2. The number of nitrogens with zero attached hydrogens (tertiary/aromatic N) is 1. The topological polar surface area (TPSA) is 23.8 Å². The van der Waals surface area contributed by atoms with Gasteiger partial charge in [0.05, 0.1) is 16.6 Å². The molecule has 39 valence electrons. The van der Waals surface area contributed by atoms with Gasteiger partial charge in [0.2, 0.25) is 0 Å². The fraction of sp³-hybridized carbons (Fsp3) is 0.500. The first kappa shape index (κ1) is 7.19. The summed E-state index contributed by atoms with van der Waals surface area (Å²) in [6.45, 7) is 1.70. The lowest BCUT2D eigenvalue weighted by molar-refractivity contribution is 1.19. The summed E-state index contributed by atoms with van der Waals surface area (Å²) in [7, 11) is 0. The molecule has 1 nitrogen and oxygen atoms in total. The van der Waals surface area contributed by atoms with E-state index in [1.54, 1.807) is 6.92 Å². The predicted octanol–water partition coefficient (Wildman–Crippen LogP) is 1.29. The fourth-order valence-corrected chi connectivity index (χ4v) is 0.173. The Bertz CT molecular complexity index is 84.2. The molecule has 0 aliphatic rings. The zero-order valence-corrected chi connectivity index (χ0v) is 5.71. The van der Waals surface area contributed by atoms with Crippen molar-refractivity contribution in [3.05, 3.63) is 5.92 Å². The van der Waals surface area contributed by atoms with Gasteiger partial charge in [-0.05, 0) is 6.92 Å². The van der Waals surface area contributed by atoms with E-state index in [0.29, 0.717) is 5.92 Å². The molecule has 0 aliphatic carbocycles. The highest BCUT2D eigenvalue weighted by atomic mass is 32.2. The van der Waals surface area contributed by atoms with Gasteiger partial charge in [0.1, 0.15) is 0 Å². The van der Waals surface area contributed by atoms with E-state index < -0.39 is 0 Å². The molecule has 0 N–H and O–H groups in total. The molecule has 0 aromatic rings. The molecule has 0 atom stereocenters. The van der Waals surface area contributed by atoms with Gasteiger partial charge in [0, 0.05) is 0 Å². The lowest BCUT2D eigenvalue weighted by Crippen LogP contribution is -1.96. The fourth-order valence-electron chi connectivity index (χ4n) is 0.0577. The van der Waals surface area contributed by atoms with Crippen molar-refractivity contribution < 1.29 is 0 Å². The first-order chi connectivity index (χ1) is 3.18. The molecule has 0 aromatic carbocycles. The zero-order valence-electron chi connectivity index (χ0n) is 3.92. The highest BCUT2D eigenvalue weighted by Gasteiger charge is 2.05. The lowest BCUT2D eigenvalue weighted by atomic mass is 10.2. The Morgan fingerprint density at radius 1 is 1.71 bits per heavy atom. The molecule has 0 spiro atoms. The minimum absolute atomic E-state index is 0.190. The summed E-state index contributed by atoms with van der Waals surface area (Å²) in [6.07, 6.45) is 0. The molecular formula is C4H6NS2. The van der Waals surface area contributed by atoms with E-state index in [4.69, 9.17) is 5.26 Å². The maximum Gasteiger partial charge on any atom is 0.0951 e. The van der Waals surface area contributed by atoms with Crippen molar-refractivity contribution >= 4 is 25.3 Å². The van der Waals surface area contributed by atoms with E-state index in [1.807, 2.05) is 6.07 Å². The van der Waals surface area contributed by atoms with E-state index in [9.17, 15) is 0 Å². The van der Waals surface area contributed by atoms with Gasteiger partial charge in [-0.3, -0.25) is 0 Å². The molecule has 0 fully saturated rings. The maximum absolute atomic E-state index is 8.12. The lowest BCUT2D eigenvalue weighted by Gasteiger charge is -1.99. The second kappa shape index (κ2) is 3.23. The third kappa shape index (κ3) is 2.84. The summed E-state index contributed by atoms with van der Waals surface area (Å²) >= 11 is 7.76. The summed E-state index contributed by atoms with van der Waals surface area (Å²) in [5.74, 6) is 0.631. The van der Waals surface area contributed by atoms with Gasteiger partial charge in [-0.15, -0.1) is 0 Å². The molecule has 1 radical (unpaired) electrons. The van der Waals surface area contributed by atoms with Crippen LogP contribution in [0.4, 0.5) is 0 Å². The average Bonchev–Trinajstić information content (AvgIpc) is 1.65. The predicted molar refractivity (Wildman–Crippen MR) is 36.3 cm³/mol.